The van der Waals surface area contributed by atoms with Gasteiger partial charge in [0.1, 0.15) is 34.4 Å². The lowest BCUT2D eigenvalue weighted by atomic mass is 9.81. The van der Waals surface area contributed by atoms with Gasteiger partial charge >= 0.3 is 0 Å². The predicted octanol–water partition coefficient (Wildman–Crippen LogP) is 15.2. The molecule has 1 aliphatic carbocycles. The molecule has 0 saturated carbocycles. The second-order valence-corrected chi connectivity index (χ2v) is 18.7. The zero-order valence-electron chi connectivity index (χ0n) is 43.7. The zero-order chi connectivity index (χ0) is 53.1. The molecule has 14 nitrogen and oxygen atoms in total. The molecular weight excluding hydrogens is 965 g/mol. The Morgan fingerprint density at radius 3 is 1.32 bits per heavy atom. The summed E-state index contributed by atoms with van der Waals surface area (Å²) in [7, 11) is 0. The van der Waals surface area contributed by atoms with Crippen LogP contribution in [0.5, 0.6) is 58.0 Å². The van der Waals surface area contributed by atoms with E-state index in [1.165, 1.54) is 22.3 Å². The van der Waals surface area contributed by atoms with Crippen molar-refractivity contribution in [3.8, 4) is 103 Å². The molecule has 0 saturated heterocycles. The number of aromatic nitrogens is 8. The van der Waals surface area contributed by atoms with E-state index >= 15 is 0 Å². The Bertz CT molecular complexity index is 3500. The molecule has 77 heavy (non-hydrogen) atoms. The van der Waals surface area contributed by atoms with E-state index < -0.39 is 0 Å². The number of hydrogen-bond acceptors (Lipinski definition) is 14. The van der Waals surface area contributed by atoms with E-state index in [-0.39, 0.29) is 28.9 Å². The van der Waals surface area contributed by atoms with Gasteiger partial charge in [0.25, 0.3) is 0 Å². The molecule has 1 aliphatic rings. The molecule has 0 atom stereocenters. The first-order chi connectivity index (χ1) is 37.7. The Labute approximate surface area is 447 Å². The molecule has 10 aromatic rings. The molecule has 4 heterocycles. The number of nitrogens with zero attached hydrogens (tertiary/aromatic N) is 8. The van der Waals surface area contributed by atoms with Crippen LogP contribution < -0.4 is 28.4 Å². The van der Waals surface area contributed by atoms with Crippen LogP contribution in [0.15, 0.2) is 182 Å². The molecule has 0 N–H and O–H groups in total. The van der Waals surface area contributed by atoms with E-state index in [1.54, 1.807) is 24.5 Å². The van der Waals surface area contributed by atoms with Gasteiger partial charge in [-0.15, -0.1) is 30.6 Å². The zero-order valence-corrected chi connectivity index (χ0v) is 43.7. The van der Waals surface area contributed by atoms with Crippen molar-refractivity contribution in [2.45, 2.75) is 59.8 Å². The molecular formula is C63H56N8O6. The summed E-state index contributed by atoms with van der Waals surface area (Å²) < 4.78 is 36.3. The van der Waals surface area contributed by atoms with Crippen LogP contribution in [0.4, 0.5) is 0 Å². The summed E-state index contributed by atoms with van der Waals surface area (Å²) in [6.45, 7) is 14.1. The predicted molar refractivity (Wildman–Crippen MR) is 296 cm³/mol. The first kappa shape index (κ1) is 50.9. The number of benzene rings is 6. The van der Waals surface area contributed by atoms with Gasteiger partial charge in [-0.2, -0.15) is 10.2 Å². The van der Waals surface area contributed by atoms with Gasteiger partial charge in [0.05, 0.1) is 42.4 Å². The molecule has 11 rings (SSSR count). The molecule has 14 heteroatoms. The highest BCUT2D eigenvalue weighted by Crippen LogP contribution is 2.51. The van der Waals surface area contributed by atoms with Crippen molar-refractivity contribution in [1.82, 2.24) is 40.8 Å². The van der Waals surface area contributed by atoms with Crippen molar-refractivity contribution < 1.29 is 28.4 Å². The summed E-state index contributed by atoms with van der Waals surface area (Å²) in [6, 6.07) is 53.9. The maximum atomic E-state index is 6.16. The number of ether oxygens (including phenoxy) is 6. The normalized spacial score (nSPS) is 11.8. The minimum absolute atomic E-state index is 0.198. The quantitative estimate of drug-likeness (QED) is 0.0848. The summed E-state index contributed by atoms with van der Waals surface area (Å²) in [5.41, 5.74) is 11.6. The van der Waals surface area contributed by atoms with Gasteiger partial charge in [-0.1, -0.05) is 125 Å². The number of rotatable bonds is 17. The maximum Gasteiger partial charge on any atom is 0.247 e. The van der Waals surface area contributed by atoms with Gasteiger partial charge in [-0.25, -0.2) is 0 Å². The molecule has 0 bridgehead atoms. The second kappa shape index (κ2) is 23.3. The third-order valence-electron chi connectivity index (χ3n) is 12.8. The van der Waals surface area contributed by atoms with Crippen molar-refractivity contribution in [2.75, 3.05) is 13.2 Å². The molecule has 4 aromatic heterocycles. The van der Waals surface area contributed by atoms with Crippen molar-refractivity contribution in [3.05, 3.63) is 205 Å². The molecule has 0 amide bonds. The van der Waals surface area contributed by atoms with Crippen LogP contribution in [0.25, 0.3) is 44.8 Å². The van der Waals surface area contributed by atoms with Gasteiger partial charge in [-0.3, -0.25) is 0 Å². The highest BCUT2D eigenvalue weighted by atomic mass is 16.5. The Morgan fingerprint density at radius 1 is 0.416 bits per heavy atom. The average Bonchev–Trinajstić information content (AvgIpc) is 3.68. The van der Waals surface area contributed by atoms with Crippen LogP contribution in [-0.2, 0) is 5.41 Å². The highest BCUT2D eigenvalue weighted by Gasteiger charge is 2.36. The Kier molecular flexibility index (Phi) is 15.4. The van der Waals surface area contributed by atoms with E-state index in [1.807, 2.05) is 128 Å². The fourth-order valence-electron chi connectivity index (χ4n) is 8.91. The second-order valence-electron chi connectivity index (χ2n) is 18.7. The van der Waals surface area contributed by atoms with Crippen LogP contribution in [0, 0.1) is 13.8 Å². The van der Waals surface area contributed by atoms with Crippen LogP contribution in [0.2, 0.25) is 0 Å². The molecule has 0 unspecified atom stereocenters. The Balaban J connectivity index is 0.000000175. The molecule has 0 radical (unpaired) electrons. The SMILES string of the molecule is CCCOc1cnnc(-c2ccc3c(c2)C(C)(C)c2cc(-c4nncc(C)c4OCCC)ccc2-3)c1C.c1ccc(Oc2cc(-c3cc(Oc4ccccc4)nnc3Oc3ccccc3)c(Oc3ccccc3)nn2)cc1. The summed E-state index contributed by atoms with van der Waals surface area (Å²) in [6.07, 6.45) is 5.35. The minimum atomic E-state index is -0.198. The van der Waals surface area contributed by atoms with Crippen molar-refractivity contribution in [1.29, 1.82) is 0 Å². The summed E-state index contributed by atoms with van der Waals surface area (Å²) in [5.74, 6) is 4.97. The van der Waals surface area contributed by atoms with E-state index in [9.17, 15) is 0 Å². The summed E-state index contributed by atoms with van der Waals surface area (Å²) >= 11 is 0. The summed E-state index contributed by atoms with van der Waals surface area (Å²) in [5, 5.41) is 34.6. The topological polar surface area (TPSA) is 158 Å². The van der Waals surface area contributed by atoms with Gasteiger partial charge in [0.15, 0.2) is 5.75 Å². The molecule has 0 fully saturated rings. The first-order valence-electron chi connectivity index (χ1n) is 25.5. The Hall–Kier alpha value is -9.56. The highest BCUT2D eigenvalue weighted by molar-refractivity contribution is 5.86. The molecule has 0 spiro atoms. The fraction of sp³-hybridized carbons (Fsp3) is 0.175. The van der Waals surface area contributed by atoms with E-state index in [0.717, 1.165) is 58.0 Å². The van der Waals surface area contributed by atoms with Crippen molar-refractivity contribution in [2.24, 2.45) is 0 Å². The monoisotopic (exact) mass is 1020 g/mol. The largest absolute Gasteiger partial charge is 0.492 e. The van der Waals surface area contributed by atoms with Crippen molar-refractivity contribution in [3.63, 3.8) is 0 Å². The minimum Gasteiger partial charge on any atom is -0.492 e. The molecule has 0 aliphatic heterocycles. The smallest absolute Gasteiger partial charge is 0.247 e. The van der Waals surface area contributed by atoms with E-state index in [4.69, 9.17) is 28.4 Å². The molecule has 384 valence electrons. The van der Waals surface area contributed by atoms with Gasteiger partial charge in [0.2, 0.25) is 23.5 Å². The van der Waals surface area contributed by atoms with Crippen LogP contribution in [0.3, 0.4) is 0 Å². The summed E-state index contributed by atoms with van der Waals surface area (Å²) in [4.78, 5) is 0. The number of hydrogen-bond donors (Lipinski definition) is 0. The fourth-order valence-corrected chi connectivity index (χ4v) is 8.91. The Morgan fingerprint density at radius 2 is 0.844 bits per heavy atom. The van der Waals surface area contributed by atoms with Crippen LogP contribution in [0.1, 0.15) is 62.8 Å². The first-order valence-corrected chi connectivity index (χ1v) is 25.5. The van der Waals surface area contributed by atoms with Crippen LogP contribution >= 0.6 is 0 Å². The van der Waals surface area contributed by atoms with Crippen LogP contribution in [-0.4, -0.2) is 54.0 Å². The number of aryl methyl sites for hydroxylation is 1. The van der Waals surface area contributed by atoms with Gasteiger partial charge in [-0.05, 0) is 110 Å². The number of fused-ring (bicyclic) bond motifs is 3. The van der Waals surface area contributed by atoms with Gasteiger partial charge in [0, 0.05) is 39.8 Å². The lowest BCUT2D eigenvalue weighted by molar-refractivity contribution is 0.313. The number of para-hydroxylation sites is 4. The molecule has 6 aromatic carbocycles. The third-order valence-corrected chi connectivity index (χ3v) is 12.8. The third kappa shape index (κ3) is 11.6. The van der Waals surface area contributed by atoms with Crippen molar-refractivity contribution >= 4 is 0 Å². The standard InChI is InChI=1S/C32H22N4O4.C31H34N4O2/c1-5-13-23(14-6-1)37-29-21-27(31(35-33-29)39-25-17-9-3-10-18-25)28-22-30(38-24-15-7-2-8-16-24)34-36-32(28)40-26-19-11-4-12-20-26;1-7-13-36-27-18-33-34-28(20(27)4)21-9-11-23-24-12-10-22(16-26(24)31(5,6)25(23)15-21)29-30(37-14-8-2)19(3)17-32-35-29/h1-22H;9-12,15-18H,7-8,13-14H2,1-6H3. The lowest BCUT2D eigenvalue weighted by Crippen LogP contribution is -2.15. The maximum absolute atomic E-state index is 6.16. The van der Waals surface area contributed by atoms with Gasteiger partial charge < -0.3 is 28.4 Å². The van der Waals surface area contributed by atoms with E-state index in [2.05, 4.69) is 112 Å². The average molecular weight is 1020 g/mol. The van der Waals surface area contributed by atoms with E-state index in [0.29, 0.717) is 47.3 Å². The lowest BCUT2D eigenvalue weighted by Gasteiger charge is -2.23.